The second-order valence-electron chi connectivity index (χ2n) is 14.1. The number of rotatable bonds is 4. The Hall–Kier alpha value is -0.240. The number of aliphatic hydroxyl groups is 2. The fourth-order valence-electron chi connectivity index (χ4n) is 10.1. The van der Waals surface area contributed by atoms with Gasteiger partial charge in [-0.15, -0.1) is 0 Å². The number of fused-ring (bicyclic) bond motifs is 2. The summed E-state index contributed by atoms with van der Waals surface area (Å²) >= 11 is 0. The van der Waals surface area contributed by atoms with Crippen molar-refractivity contribution in [1.82, 2.24) is 0 Å². The molecule has 0 bridgehead atoms. The third-order valence-corrected chi connectivity index (χ3v) is 12.0. The van der Waals surface area contributed by atoms with Crippen molar-refractivity contribution < 1.29 is 29.2 Å². The fourth-order valence-corrected chi connectivity index (χ4v) is 10.1. The van der Waals surface area contributed by atoms with E-state index < -0.39 is 48.2 Å². The Morgan fingerprint density at radius 3 is 0.763 bits per heavy atom. The summed E-state index contributed by atoms with van der Waals surface area (Å²) in [6, 6.07) is 0. The molecule has 2 N–H and O–H groups in total. The summed E-state index contributed by atoms with van der Waals surface area (Å²) in [4.78, 5) is 0. The van der Waals surface area contributed by atoms with Crippen molar-refractivity contribution >= 4 is 0 Å². The first kappa shape index (κ1) is 26.6. The minimum Gasteiger partial charge on any atom is -0.387 e. The molecule has 0 radical (unpaired) electrons. The SMILES string of the molecule is OC1C2OC(C3CCCCC3)(C3CCCCC3)O[C@@H]2C(O)[C@@H]2OC(C3CCCCC3)(C3CCCCC3)O[C@@H]12. The molecule has 7 aliphatic rings. The minimum atomic E-state index is -0.837. The van der Waals surface area contributed by atoms with Gasteiger partial charge >= 0.3 is 0 Å². The van der Waals surface area contributed by atoms with Crippen LogP contribution < -0.4 is 0 Å². The van der Waals surface area contributed by atoms with E-state index in [-0.39, 0.29) is 0 Å². The maximum atomic E-state index is 11.9. The zero-order valence-electron chi connectivity index (χ0n) is 23.4. The van der Waals surface area contributed by atoms with E-state index in [9.17, 15) is 10.2 Å². The molecular weight excluding hydrogens is 480 g/mol. The normalized spacial score (nSPS) is 43.1. The molecule has 6 heteroatoms. The molecule has 2 saturated heterocycles. The third-order valence-electron chi connectivity index (χ3n) is 12.0. The standard InChI is InChI=1S/C32H52O6/c33-25-27-28(36-31(35-27,21-13-5-1-6-14-21)22-15-7-2-8-16-22)26(34)30-29(25)37-32(38-30,23-17-9-3-10-18-23)24-19-11-4-12-20-24/h21-30,33-34H,1-20H2/t25?,26?,27-,28-,29+,30?/m0/s1. The zero-order valence-corrected chi connectivity index (χ0v) is 23.4. The molecule has 5 saturated carbocycles. The van der Waals surface area contributed by atoms with Gasteiger partial charge in [-0.25, -0.2) is 0 Å². The van der Waals surface area contributed by atoms with Crippen LogP contribution in [0.25, 0.3) is 0 Å². The third kappa shape index (κ3) is 4.34. The summed E-state index contributed by atoms with van der Waals surface area (Å²) in [6.07, 6.45) is 20.0. The lowest BCUT2D eigenvalue weighted by Gasteiger charge is -2.46. The minimum absolute atomic E-state index is 0.342. The van der Waals surface area contributed by atoms with Gasteiger partial charge in [-0.05, 0) is 51.4 Å². The van der Waals surface area contributed by atoms with E-state index in [0.717, 1.165) is 51.4 Å². The van der Waals surface area contributed by atoms with Gasteiger partial charge in [0.05, 0.1) is 0 Å². The lowest BCUT2D eigenvalue weighted by molar-refractivity contribution is -0.279. The Kier molecular flexibility index (Phi) is 7.62. The van der Waals surface area contributed by atoms with E-state index >= 15 is 0 Å². The summed E-state index contributed by atoms with van der Waals surface area (Å²) < 4.78 is 28.1. The van der Waals surface area contributed by atoms with Crippen LogP contribution in [0.4, 0.5) is 0 Å². The average molecular weight is 533 g/mol. The summed E-state index contributed by atoms with van der Waals surface area (Å²) in [5, 5.41) is 23.8. The van der Waals surface area contributed by atoms with Crippen molar-refractivity contribution in [1.29, 1.82) is 0 Å². The molecule has 7 fully saturated rings. The summed E-state index contributed by atoms with van der Waals surface area (Å²) in [7, 11) is 0. The van der Waals surface area contributed by atoms with E-state index in [0.29, 0.717) is 23.7 Å². The lowest BCUT2D eigenvalue weighted by Crippen LogP contribution is -2.61. The second kappa shape index (κ2) is 10.9. The van der Waals surface area contributed by atoms with Crippen LogP contribution in [-0.4, -0.2) is 58.4 Å². The van der Waals surface area contributed by atoms with Gasteiger partial charge in [0.2, 0.25) is 0 Å². The highest BCUT2D eigenvalue weighted by molar-refractivity contribution is 5.12. The average Bonchev–Trinajstić information content (AvgIpc) is 3.61. The van der Waals surface area contributed by atoms with Crippen LogP contribution in [0.2, 0.25) is 0 Å². The first-order valence-corrected chi connectivity index (χ1v) is 16.7. The van der Waals surface area contributed by atoms with Crippen LogP contribution >= 0.6 is 0 Å². The number of ether oxygens (including phenoxy) is 4. The van der Waals surface area contributed by atoms with Crippen molar-refractivity contribution in [2.45, 2.75) is 177 Å². The maximum Gasteiger partial charge on any atom is 0.175 e. The highest BCUT2D eigenvalue weighted by Crippen LogP contribution is 2.57. The molecule has 5 aliphatic carbocycles. The molecule has 216 valence electrons. The highest BCUT2D eigenvalue weighted by atomic mass is 16.8. The molecule has 0 aromatic heterocycles. The van der Waals surface area contributed by atoms with E-state index in [1.54, 1.807) is 0 Å². The lowest BCUT2D eigenvalue weighted by atomic mass is 9.72. The van der Waals surface area contributed by atoms with Crippen LogP contribution in [0.5, 0.6) is 0 Å². The van der Waals surface area contributed by atoms with E-state index in [4.69, 9.17) is 18.9 Å². The van der Waals surface area contributed by atoms with Gasteiger partial charge in [0, 0.05) is 23.7 Å². The molecule has 0 spiro atoms. The van der Waals surface area contributed by atoms with Crippen molar-refractivity contribution in [3.63, 3.8) is 0 Å². The fraction of sp³-hybridized carbons (Fsp3) is 1.00. The van der Waals surface area contributed by atoms with E-state index in [1.807, 2.05) is 0 Å². The van der Waals surface area contributed by atoms with Gasteiger partial charge in [-0.2, -0.15) is 0 Å². The molecule has 0 aromatic carbocycles. The van der Waals surface area contributed by atoms with Crippen LogP contribution in [0, 0.1) is 23.7 Å². The van der Waals surface area contributed by atoms with Gasteiger partial charge in [0.15, 0.2) is 11.6 Å². The largest absolute Gasteiger partial charge is 0.387 e. The molecule has 6 nitrogen and oxygen atoms in total. The van der Waals surface area contributed by atoms with E-state index in [2.05, 4.69) is 0 Å². The maximum absolute atomic E-state index is 11.9. The molecule has 7 rings (SSSR count). The van der Waals surface area contributed by atoms with Crippen molar-refractivity contribution in [2.75, 3.05) is 0 Å². The van der Waals surface area contributed by atoms with Crippen LogP contribution in [-0.2, 0) is 18.9 Å². The molecule has 38 heavy (non-hydrogen) atoms. The second-order valence-corrected chi connectivity index (χ2v) is 14.1. The molecular formula is C32H52O6. The van der Waals surface area contributed by atoms with E-state index in [1.165, 1.54) is 77.0 Å². The Morgan fingerprint density at radius 1 is 0.342 bits per heavy atom. The first-order chi connectivity index (χ1) is 18.6. The highest BCUT2D eigenvalue weighted by Gasteiger charge is 2.69. The van der Waals surface area contributed by atoms with Crippen LogP contribution in [0.3, 0.4) is 0 Å². The number of aliphatic hydroxyl groups excluding tert-OH is 2. The molecule has 6 atom stereocenters. The van der Waals surface area contributed by atoms with Crippen molar-refractivity contribution in [2.24, 2.45) is 23.7 Å². The smallest absolute Gasteiger partial charge is 0.175 e. The van der Waals surface area contributed by atoms with Gasteiger partial charge in [0.25, 0.3) is 0 Å². The Balaban J connectivity index is 1.18. The van der Waals surface area contributed by atoms with Gasteiger partial charge < -0.3 is 29.2 Å². The monoisotopic (exact) mass is 532 g/mol. The predicted octanol–water partition coefficient (Wildman–Crippen LogP) is 6.00. The Labute approximate surface area is 229 Å². The van der Waals surface area contributed by atoms with Crippen molar-refractivity contribution in [3.05, 3.63) is 0 Å². The Morgan fingerprint density at radius 2 is 0.553 bits per heavy atom. The topological polar surface area (TPSA) is 77.4 Å². The van der Waals surface area contributed by atoms with Gasteiger partial charge in [-0.1, -0.05) is 77.0 Å². The summed E-state index contributed by atoms with van der Waals surface area (Å²) in [5.74, 6) is 0.00895. The number of hydrogen-bond acceptors (Lipinski definition) is 6. The number of hydrogen-bond donors (Lipinski definition) is 2. The molecule has 3 unspecified atom stereocenters. The molecule has 2 heterocycles. The summed E-state index contributed by atoms with van der Waals surface area (Å²) in [5.41, 5.74) is 0. The molecule has 0 amide bonds. The first-order valence-electron chi connectivity index (χ1n) is 16.7. The Bertz CT molecular complexity index is 664. The van der Waals surface area contributed by atoms with Crippen LogP contribution in [0.1, 0.15) is 128 Å². The molecule has 0 aromatic rings. The predicted molar refractivity (Wildman–Crippen MR) is 143 cm³/mol. The zero-order chi connectivity index (χ0) is 25.7. The quantitative estimate of drug-likeness (QED) is 0.462. The summed E-state index contributed by atoms with van der Waals surface area (Å²) in [6.45, 7) is 0. The van der Waals surface area contributed by atoms with Gasteiger partial charge in [0.1, 0.15) is 36.6 Å². The van der Waals surface area contributed by atoms with Crippen LogP contribution in [0.15, 0.2) is 0 Å². The van der Waals surface area contributed by atoms with Gasteiger partial charge in [-0.3, -0.25) is 0 Å². The van der Waals surface area contributed by atoms with Crippen molar-refractivity contribution in [3.8, 4) is 0 Å². The molecule has 2 aliphatic heterocycles.